The van der Waals surface area contributed by atoms with E-state index >= 15 is 0 Å². The number of rotatable bonds is 13. The Morgan fingerprint density at radius 1 is 1.00 bits per heavy atom. The van der Waals surface area contributed by atoms with Crippen molar-refractivity contribution in [3.8, 4) is 0 Å². The summed E-state index contributed by atoms with van der Waals surface area (Å²) in [7, 11) is -2.20. The Morgan fingerprint density at radius 3 is 2.16 bits per heavy atom. The Hall–Kier alpha value is -3.73. The molecule has 1 aliphatic rings. The highest BCUT2D eigenvalue weighted by Crippen LogP contribution is 2.31. The number of hydrogen-bond acceptors (Lipinski definition) is 7. The van der Waals surface area contributed by atoms with Crippen LogP contribution >= 0.6 is 0 Å². The first-order valence-corrected chi connectivity index (χ1v) is 16.2. The quantitative estimate of drug-likeness (QED) is 0.163. The SMILES string of the molecule is CCN(C(=O)OCc1ccccc1)C1CCN(CCC(/C=N/O)(CN(C)S(=O)(=O)c2ccccc2)c2ccccc2)CC1. The predicted molar refractivity (Wildman–Crippen MR) is 168 cm³/mol. The lowest BCUT2D eigenvalue weighted by atomic mass is 9.78. The average molecular weight is 607 g/mol. The van der Waals surface area contributed by atoms with Crippen molar-refractivity contribution < 1.29 is 23.2 Å². The van der Waals surface area contributed by atoms with E-state index < -0.39 is 15.4 Å². The Balaban J connectivity index is 1.42. The number of ether oxygens (including phenoxy) is 1. The van der Waals surface area contributed by atoms with Gasteiger partial charge in [-0.1, -0.05) is 78.9 Å². The fourth-order valence-electron chi connectivity index (χ4n) is 5.78. The normalized spacial score (nSPS) is 16.3. The minimum absolute atomic E-state index is 0.0876. The van der Waals surface area contributed by atoms with E-state index in [1.165, 1.54) is 10.5 Å². The van der Waals surface area contributed by atoms with Crippen LogP contribution in [0.5, 0.6) is 0 Å². The van der Waals surface area contributed by atoms with E-state index in [1.807, 2.05) is 72.5 Å². The molecule has 0 aromatic heterocycles. The molecule has 4 rings (SSSR count). The fourth-order valence-corrected chi connectivity index (χ4v) is 7.04. The van der Waals surface area contributed by atoms with Crippen LogP contribution in [-0.4, -0.2) is 85.9 Å². The highest BCUT2D eigenvalue weighted by Gasteiger charge is 2.37. The Kier molecular flexibility index (Phi) is 11.3. The van der Waals surface area contributed by atoms with Crippen molar-refractivity contribution in [2.75, 3.05) is 39.8 Å². The lowest BCUT2D eigenvalue weighted by Gasteiger charge is -2.40. The van der Waals surface area contributed by atoms with Crippen molar-refractivity contribution >= 4 is 22.3 Å². The summed E-state index contributed by atoms with van der Waals surface area (Å²) in [4.78, 5) is 17.3. The van der Waals surface area contributed by atoms with Gasteiger partial charge in [-0.25, -0.2) is 13.2 Å². The molecule has 1 aliphatic heterocycles. The number of amides is 1. The molecular weight excluding hydrogens is 564 g/mol. The minimum atomic E-state index is -3.77. The molecule has 3 aromatic carbocycles. The molecule has 10 heteroatoms. The van der Waals surface area contributed by atoms with Crippen molar-refractivity contribution in [1.29, 1.82) is 0 Å². The van der Waals surface area contributed by atoms with Crippen molar-refractivity contribution in [2.45, 2.75) is 49.1 Å². The second-order valence-electron chi connectivity index (χ2n) is 11.0. The first kappa shape index (κ1) is 32.2. The van der Waals surface area contributed by atoms with Gasteiger partial charge < -0.3 is 19.7 Å². The van der Waals surface area contributed by atoms with Crippen LogP contribution in [0.4, 0.5) is 4.79 Å². The number of likely N-dealkylation sites (tertiary alicyclic amines) is 1. The van der Waals surface area contributed by atoms with E-state index in [-0.39, 0.29) is 30.2 Å². The molecule has 0 saturated carbocycles. The van der Waals surface area contributed by atoms with Crippen LogP contribution in [0.3, 0.4) is 0 Å². The molecule has 0 aliphatic carbocycles. The summed E-state index contributed by atoms with van der Waals surface area (Å²) in [6.07, 6.45) is 3.33. The molecule has 43 heavy (non-hydrogen) atoms. The van der Waals surface area contributed by atoms with Gasteiger partial charge in [0.15, 0.2) is 0 Å². The van der Waals surface area contributed by atoms with Crippen LogP contribution in [0.25, 0.3) is 0 Å². The Labute approximate surface area is 255 Å². The van der Waals surface area contributed by atoms with Gasteiger partial charge in [0.25, 0.3) is 0 Å². The molecule has 9 nitrogen and oxygen atoms in total. The van der Waals surface area contributed by atoms with Crippen molar-refractivity contribution in [3.63, 3.8) is 0 Å². The Bertz CT molecular complexity index is 1420. The lowest BCUT2D eigenvalue weighted by molar-refractivity contribution is 0.0623. The number of carbonyl (C=O) groups is 1. The predicted octanol–water partition coefficient (Wildman–Crippen LogP) is 5.22. The minimum Gasteiger partial charge on any atom is -0.445 e. The lowest BCUT2D eigenvalue weighted by Crippen LogP contribution is -2.49. The molecule has 230 valence electrons. The van der Waals surface area contributed by atoms with Crippen LogP contribution < -0.4 is 0 Å². The number of likely N-dealkylation sites (N-methyl/N-ethyl adjacent to an activating group) is 1. The van der Waals surface area contributed by atoms with Gasteiger partial charge in [0.05, 0.1) is 11.1 Å². The first-order chi connectivity index (χ1) is 20.8. The third kappa shape index (κ3) is 8.22. The van der Waals surface area contributed by atoms with Crippen LogP contribution in [0, 0.1) is 0 Å². The van der Waals surface area contributed by atoms with Gasteiger partial charge in [0, 0.05) is 44.7 Å². The summed E-state index contributed by atoms with van der Waals surface area (Å²) >= 11 is 0. The second-order valence-corrected chi connectivity index (χ2v) is 13.0. The smallest absolute Gasteiger partial charge is 0.410 e. The summed E-state index contributed by atoms with van der Waals surface area (Å²) in [5.41, 5.74) is 0.966. The van der Waals surface area contributed by atoms with E-state index in [0.717, 1.165) is 37.1 Å². The van der Waals surface area contributed by atoms with Gasteiger partial charge in [0.2, 0.25) is 10.0 Å². The average Bonchev–Trinajstić information content (AvgIpc) is 3.05. The van der Waals surface area contributed by atoms with E-state index in [1.54, 1.807) is 37.4 Å². The van der Waals surface area contributed by atoms with Crippen LogP contribution in [0.15, 0.2) is 101 Å². The van der Waals surface area contributed by atoms with Gasteiger partial charge >= 0.3 is 6.09 Å². The number of carbonyl (C=O) groups excluding carboxylic acids is 1. The van der Waals surface area contributed by atoms with Crippen molar-refractivity contribution in [1.82, 2.24) is 14.1 Å². The highest BCUT2D eigenvalue weighted by atomic mass is 32.2. The highest BCUT2D eigenvalue weighted by molar-refractivity contribution is 7.89. The van der Waals surface area contributed by atoms with E-state index in [9.17, 15) is 18.4 Å². The monoisotopic (exact) mass is 606 g/mol. The number of sulfonamides is 1. The number of oxime groups is 1. The zero-order valence-corrected chi connectivity index (χ0v) is 25.8. The third-order valence-corrected chi connectivity index (χ3v) is 10.1. The molecular formula is C33H42N4O5S. The van der Waals surface area contributed by atoms with Crippen molar-refractivity contribution in [3.05, 3.63) is 102 Å². The molecule has 3 aromatic rings. The van der Waals surface area contributed by atoms with E-state index in [2.05, 4.69) is 10.1 Å². The number of hydrogen-bond donors (Lipinski definition) is 1. The van der Waals surface area contributed by atoms with Gasteiger partial charge in [0.1, 0.15) is 6.61 Å². The summed E-state index contributed by atoms with van der Waals surface area (Å²) in [6, 6.07) is 27.7. The van der Waals surface area contributed by atoms with E-state index in [4.69, 9.17) is 4.74 Å². The second kappa shape index (κ2) is 15.1. The largest absolute Gasteiger partial charge is 0.445 e. The molecule has 0 spiro atoms. The topological polar surface area (TPSA) is 103 Å². The van der Waals surface area contributed by atoms with Gasteiger partial charge in [-0.2, -0.15) is 4.31 Å². The summed E-state index contributed by atoms with van der Waals surface area (Å²) in [6.45, 7) is 5.13. The van der Waals surface area contributed by atoms with Crippen LogP contribution in [-0.2, 0) is 26.8 Å². The summed E-state index contributed by atoms with van der Waals surface area (Å²) in [5, 5.41) is 13.2. The van der Waals surface area contributed by atoms with Gasteiger partial charge in [-0.05, 0) is 56.0 Å². The standard InChI is InChI=1S/C33H42N4O5S/c1-3-37(32(38)42-25-28-13-7-4-8-14-28)30-19-22-36(23-20-30)24-21-33(26-34-39,29-15-9-5-10-16-29)27-35(2)43(40,41)31-17-11-6-12-18-31/h4-18,26,30,39H,3,19-25,27H2,1-2H3/b34-26+. The van der Waals surface area contributed by atoms with Crippen molar-refractivity contribution in [2.24, 2.45) is 5.16 Å². The van der Waals surface area contributed by atoms with E-state index in [0.29, 0.717) is 19.5 Å². The number of nitrogens with zero attached hydrogens (tertiary/aromatic N) is 4. The maximum Gasteiger partial charge on any atom is 0.410 e. The summed E-state index contributed by atoms with van der Waals surface area (Å²) < 4.78 is 33.8. The molecule has 1 saturated heterocycles. The Morgan fingerprint density at radius 2 is 1.58 bits per heavy atom. The zero-order chi connectivity index (χ0) is 30.7. The molecule has 1 unspecified atom stereocenters. The van der Waals surface area contributed by atoms with Gasteiger partial charge in [-0.15, -0.1) is 5.16 Å². The fraction of sp³-hybridized carbons (Fsp3) is 0.394. The molecule has 1 atom stereocenters. The molecule has 1 fully saturated rings. The third-order valence-electron chi connectivity index (χ3n) is 8.26. The van der Waals surface area contributed by atoms with Gasteiger partial charge in [-0.3, -0.25) is 0 Å². The van der Waals surface area contributed by atoms with Crippen LogP contribution in [0.2, 0.25) is 0 Å². The molecule has 1 amide bonds. The number of benzene rings is 3. The van der Waals surface area contributed by atoms with Crippen LogP contribution in [0.1, 0.15) is 37.3 Å². The maximum absolute atomic E-state index is 13.4. The number of piperidine rings is 1. The molecule has 0 bridgehead atoms. The molecule has 1 heterocycles. The first-order valence-electron chi connectivity index (χ1n) is 14.7. The molecule has 0 radical (unpaired) electrons. The molecule has 1 N–H and O–H groups in total. The summed E-state index contributed by atoms with van der Waals surface area (Å²) in [5.74, 6) is 0. The maximum atomic E-state index is 13.4. The zero-order valence-electron chi connectivity index (χ0n) is 25.0.